The van der Waals surface area contributed by atoms with Gasteiger partial charge in [-0.2, -0.15) is 0 Å². The van der Waals surface area contributed by atoms with Crippen LogP contribution in [0.25, 0.3) is 10.8 Å². The number of rotatable bonds is 1. The van der Waals surface area contributed by atoms with E-state index < -0.39 is 0 Å². The van der Waals surface area contributed by atoms with Crippen LogP contribution in [0.1, 0.15) is 17.3 Å². The fourth-order valence-electron chi connectivity index (χ4n) is 2.70. The number of piperazine rings is 1. The van der Waals surface area contributed by atoms with Gasteiger partial charge in [0.05, 0.1) is 0 Å². The summed E-state index contributed by atoms with van der Waals surface area (Å²) in [6, 6.07) is 14.4. The van der Waals surface area contributed by atoms with E-state index in [2.05, 4.69) is 12.2 Å². The average molecular weight is 254 g/mol. The van der Waals surface area contributed by atoms with Crippen LogP contribution in [0.4, 0.5) is 0 Å². The zero-order chi connectivity index (χ0) is 13.2. The van der Waals surface area contributed by atoms with E-state index in [0.717, 1.165) is 36.0 Å². The summed E-state index contributed by atoms with van der Waals surface area (Å²) < 4.78 is 0. The van der Waals surface area contributed by atoms with Gasteiger partial charge in [-0.1, -0.05) is 36.4 Å². The van der Waals surface area contributed by atoms with Gasteiger partial charge in [0.25, 0.3) is 5.91 Å². The van der Waals surface area contributed by atoms with E-state index in [1.807, 2.05) is 47.4 Å². The number of carbonyl (C=O) groups excluding carboxylic acids is 1. The first-order valence-corrected chi connectivity index (χ1v) is 6.76. The van der Waals surface area contributed by atoms with Gasteiger partial charge in [0, 0.05) is 31.2 Å². The SMILES string of the molecule is C[C@H]1CN(C(=O)c2cccc3ccccc23)CCN1. The molecular weight excluding hydrogens is 236 g/mol. The molecule has 3 heteroatoms. The Bertz CT molecular complexity index is 603. The zero-order valence-corrected chi connectivity index (χ0v) is 11.1. The molecule has 2 aromatic rings. The topological polar surface area (TPSA) is 32.3 Å². The predicted molar refractivity (Wildman–Crippen MR) is 77.3 cm³/mol. The lowest BCUT2D eigenvalue weighted by atomic mass is 10.0. The van der Waals surface area contributed by atoms with Crippen LogP contribution >= 0.6 is 0 Å². The number of fused-ring (bicyclic) bond motifs is 1. The van der Waals surface area contributed by atoms with Gasteiger partial charge in [0.2, 0.25) is 0 Å². The molecule has 0 spiro atoms. The summed E-state index contributed by atoms with van der Waals surface area (Å²) in [6.07, 6.45) is 0. The summed E-state index contributed by atoms with van der Waals surface area (Å²) in [4.78, 5) is 14.6. The van der Waals surface area contributed by atoms with Gasteiger partial charge in [-0.25, -0.2) is 0 Å². The normalized spacial score (nSPS) is 19.6. The summed E-state index contributed by atoms with van der Waals surface area (Å²) in [5, 5.41) is 5.53. The molecule has 1 fully saturated rings. The smallest absolute Gasteiger partial charge is 0.254 e. The van der Waals surface area contributed by atoms with E-state index >= 15 is 0 Å². The number of hydrogen-bond acceptors (Lipinski definition) is 2. The predicted octanol–water partition coefficient (Wildman–Crippen LogP) is 2.27. The summed E-state index contributed by atoms with van der Waals surface area (Å²) in [5.41, 5.74) is 0.812. The molecular formula is C16H18N2O. The minimum atomic E-state index is 0.144. The Kier molecular flexibility index (Phi) is 3.22. The van der Waals surface area contributed by atoms with Gasteiger partial charge in [0.1, 0.15) is 0 Å². The Morgan fingerprint density at radius 2 is 2.00 bits per heavy atom. The molecule has 0 aromatic heterocycles. The Labute approximate surface area is 113 Å². The highest BCUT2D eigenvalue weighted by Crippen LogP contribution is 2.20. The molecule has 1 heterocycles. The molecule has 1 atom stereocenters. The third kappa shape index (κ3) is 2.34. The number of nitrogens with one attached hydrogen (secondary N) is 1. The first-order chi connectivity index (χ1) is 9.25. The number of benzene rings is 2. The maximum Gasteiger partial charge on any atom is 0.254 e. The molecule has 1 aliphatic heterocycles. The van der Waals surface area contributed by atoms with Gasteiger partial charge >= 0.3 is 0 Å². The standard InChI is InChI=1S/C16H18N2O/c1-12-11-18(10-9-17-12)16(19)15-8-4-6-13-5-2-3-7-14(13)15/h2-8,12,17H,9-11H2,1H3/t12-/m0/s1. The molecule has 0 radical (unpaired) electrons. The summed E-state index contributed by atoms with van der Waals surface area (Å²) in [5.74, 6) is 0.144. The van der Waals surface area contributed by atoms with Gasteiger partial charge in [-0.15, -0.1) is 0 Å². The number of carbonyl (C=O) groups is 1. The van der Waals surface area contributed by atoms with Crippen LogP contribution in [-0.4, -0.2) is 36.5 Å². The van der Waals surface area contributed by atoms with E-state index in [0.29, 0.717) is 6.04 Å². The Morgan fingerprint density at radius 1 is 1.21 bits per heavy atom. The van der Waals surface area contributed by atoms with Gasteiger partial charge < -0.3 is 10.2 Å². The van der Waals surface area contributed by atoms with Gasteiger partial charge in [-0.3, -0.25) is 4.79 Å². The molecule has 1 saturated heterocycles. The fraction of sp³-hybridized carbons (Fsp3) is 0.312. The minimum Gasteiger partial charge on any atom is -0.336 e. The molecule has 3 rings (SSSR count). The highest BCUT2D eigenvalue weighted by atomic mass is 16.2. The number of amides is 1. The van der Waals surface area contributed by atoms with Crippen LogP contribution in [-0.2, 0) is 0 Å². The lowest BCUT2D eigenvalue weighted by molar-refractivity contribution is 0.0711. The monoisotopic (exact) mass is 254 g/mol. The lowest BCUT2D eigenvalue weighted by Gasteiger charge is -2.32. The van der Waals surface area contributed by atoms with Crippen molar-refractivity contribution in [3.05, 3.63) is 48.0 Å². The van der Waals surface area contributed by atoms with Crippen molar-refractivity contribution >= 4 is 16.7 Å². The van der Waals surface area contributed by atoms with Crippen molar-refractivity contribution < 1.29 is 4.79 Å². The van der Waals surface area contributed by atoms with E-state index in [1.54, 1.807) is 0 Å². The van der Waals surface area contributed by atoms with E-state index in [-0.39, 0.29) is 5.91 Å². The Hall–Kier alpha value is -1.87. The Balaban J connectivity index is 1.97. The Morgan fingerprint density at radius 3 is 2.84 bits per heavy atom. The largest absolute Gasteiger partial charge is 0.336 e. The molecule has 0 unspecified atom stereocenters. The zero-order valence-electron chi connectivity index (χ0n) is 11.1. The summed E-state index contributed by atoms with van der Waals surface area (Å²) in [7, 11) is 0. The quantitative estimate of drug-likeness (QED) is 0.846. The third-order valence-corrected chi connectivity index (χ3v) is 3.68. The van der Waals surface area contributed by atoms with Crippen LogP contribution in [0.5, 0.6) is 0 Å². The molecule has 2 aromatic carbocycles. The van der Waals surface area contributed by atoms with Crippen molar-refractivity contribution in [2.45, 2.75) is 13.0 Å². The van der Waals surface area contributed by atoms with Crippen molar-refractivity contribution in [3.63, 3.8) is 0 Å². The van der Waals surface area contributed by atoms with Crippen LogP contribution in [0.3, 0.4) is 0 Å². The number of nitrogens with zero attached hydrogens (tertiary/aromatic N) is 1. The summed E-state index contributed by atoms with van der Waals surface area (Å²) in [6.45, 7) is 4.55. The molecule has 1 amide bonds. The van der Waals surface area contributed by atoms with Gasteiger partial charge in [0.15, 0.2) is 0 Å². The lowest BCUT2D eigenvalue weighted by Crippen LogP contribution is -2.51. The van der Waals surface area contributed by atoms with Gasteiger partial charge in [-0.05, 0) is 23.8 Å². The molecule has 98 valence electrons. The second-order valence-corrected chi connectivity index (χ2v) is 5.13. The van der Waals surface area contributed by atoms with Crippen molar-refractivity contribution in [1.82, 2.24) is 10.2 Å². The maximum atomic E-state index is 12.7. The first-order valence-electron chi connectivity index (χ1n) is 6.76. The fourth-order valence-corrected chi connectivity index (χ4v) is 2.70. The maximum absolute atomic E-state index is 12.7. The average Bonchev–Trinajstić information content (AvgIpc) is 2.46. The highest BCUT2D eigenvalue weighted by molar-refractivity contribution is 6.07. The second-order valence-electron chi connectivity index (χ2n) is 5.13. The van der Waals surface area contributed by atoms with E-state index in [4.69, 9.17) is 0 Å². The molecule has 3 nitrogen and oxygen atoms in total. The summed E-state index contributed by atoms with van der Waals surface area (Å²) >= 11 is 0. The highest BCUT2D eigenvalue weighted by Gasteiger charge is 2.22. The number of hydrogen-bond donors (Lipinski definition) is 1. The molecule has 1 aliphatic rings. The van der Waals surface area contributed by atoms with Crippen molar-refractivity contribution in [2.75, 3.05) is 19.6 Å². The molecule has 0 bridgehead atoms. The second kappa shape index (κ2) is 5.02. The van der Waals surface area contributed by atoms with Crippen LogP contribution in [0.2, 0.25) is 0 Å². The molecule has 0 saturated carbocycles. The van der Waals surface area contributed by atoms with Crippen LogP contribution in [0.15, 0.2) is 42.5 Å². The minimum absolute atomic E-state index is 0.144. The third-order valence-electron chi connectivity index (χ3n) is 3.68. The molecule has 0 aliphatic carbocycles. The van der Waals surface area contributed by atoms with Crippen molar-refractivity contribution in [2.24, 2.45) is 0 Å². The van der Waals surface area contributed by atoms with Crippen LogP contribution in [0, 0.1) is 0 Å². The van der Waals surface area contributed by atoms with Crippen molar-refractivity contribution in [1.29, 1.82) is 0 Å². The van der Waals surface area contributed by atoms with Crippen molar-refractivity contribution in [3.8, 4) is 0 Å². The molecule has 1 N–H and O–H groups in total. The van der Waals surface area contributed by atoms with E-state index in [1.165, 1.54) is 0 Å². The van der Waals surface area contributed by atoms with E-state index in [9.17, 15) is 4.79 Å². The molecule has 19 heavy (non-hydrogen) atoms. The first kappa shape index (κ1) is 12.2. The van der Waals surface area contributed by atoms with Crippen LogP contribution < -0.4 is 5.32 Å².